The first-order valence-corrected chi connectivity index (χ1v) is 18.8. The van der Waals surface area contributed by atoms with E-state index in [2.05, 4.69) is 236 Å². The first-order chi connectivity index (χ1) is 33.3. The van der Waals surface area contributed by atoms with Crippen LogP contribution in [-0.4, -0.2) is 21.9 Å². The Balaban J connectivity index is 0.000000682. The van der Waals surface area contributed by atoms with Gasteiger partial charge in [-0.3, -0.25) is 20.2 Å². The lowest BCUT2D eigenvalue weighted by atomic mass is 9.91. The van der Waals surface area contributed by atoms with Crippen LogP contribution in [0.5, 0.6) is 0 Å². The third-order valence-electron chi connectivity index (χ3n) is 6.67. The lowest BCUT2D eigenvalue weighted by Gasteiger charge is -2.27. The Morgan fingerprint density at radius 1 is 0.500 bits per heavy atom. The van der Waals surface area contributed by atoms with Crippen LogP contribution in [0.15, 0.2) is 48.5 Å². The van der Waals surface area contributed by atoms with E-state index in [9.17, 15) is 24.6 Å². The molecule has 0 bridgehead atoms. The second-order valence-corrected chi connectivity index (χ2v) is 11.3. The number of hydrogen-bond donors (Lipinski definition) is 2. The fourth-order valence-electron chi connectivity index (χ4n) is 4.13. The van der Waals surface area contributed by atoms with Gasteiger partial charge in [0.2, 0.25) is 5.82 Å². The predicted molar refractivity (Wildman–Crippen MR) is 262 cm³/mol. The highest BCUT2D eigenvalue weighted by molar-refractivity contribution is 5.61. The Bertz CT molecular complexity index is 3590. The number of benzene rings is 2. The molecule has 2 aromatic carbocycles. The Kier molecular flexibility index (Phi) is 31.3. The summed E-state index contributed by atoms with van der Waals surface area (Å²) in [5, 5.41) is 24.1. The van der Waals surface area contributed by atoms with Gasteiger partial charge in [-0.1, -0.05) is 30.2 Å². The lowest BCUT2D eigenvalue weighted by Crippen LogP contribution is -2.35. The van der Waals surface area contributed by atoms with Gasteiger partial charge in [0, 0.05) is 154 Å². The van der Waals surface area contributed by atoms with Crippen molar-refractivity contribution >= 4 is 17.1 Å². The molecule has 2 unspecified atom stereocenters. The highest BCUT2D eigenvalue weighted by atomic mass is 19.1. The molecule has 9 heteroatoms. The summed E-state index contributed by atoms with van der Waals surface area (Å²) in [7, 11) is 0. The van der Waals surface area contributed by atoms with Crippen molar-refractivity contribution < 1.29 is 14.2 Å². The van der Waals surface area contributed by atoms with E-state index < -0.39 is 16.4 Å². The van der Waals surface area contributed by atoms with Crippen LogP contribution in [0, 0.1) is 263 Å². The van der Waals surface area contributed by atoms with Gasteiger partial charge >= 0.3 is 5.69 Å². The quantitative estimate of drug-likeness (QED) is 0.261. The molecule has 1 aliphatic rings. The molecule has 8 nitrogen and oxygen atoms in total. The highest BCUT2D eigenvalue weighted by Gasteiger charge is 2.21. The molecule has 0 spiro atoms. The van der Waals surface area contributed by atoms with Gasteiger partial charge in [0.25, 0.3) is 5.69 Å². The zero-order chi connectivity index (χ0) is 49.4. The Labute approximate surface area is 397 Å². The molecule has 0 heterocycles. The van der Waals surface area contributed by atoms with Gasteiger partial charge in [-0.25, -0.2) is 0 Å². The van der Waals surface area contributed by atoms with E-state index in [0.29, 0.717) is 5.69 Å². The van der Waals surface area contributed by atoms with Crippen LogP contribution < -0.4 is 11.1 Å². The highest BCUT2D eigenvalue weighted by Crippen LogP contribution is 2.27. The van der Waals surface area contributed by atoms with Crippen molar-refractivity contribution in [1.82, 2.24) is 0 Å². The third-order valence-corrected chi connectivity index (χ3v) is 6.67. The van der Waals surface area contributed by atoms with Crippen LogP contribution in [0.1, 0.15) is 32.6 Å². The van der Waals surface area contributed by atoms with Crippen molar-refractivity contribution in [3.63, 3.8) is 0 Å². The molecular weight excluding hydrogens is 848 g/mol. The summed E-state index contributed by atoms with van der Waals surface area (Å²) in [6.45, 7) is 1.69. The Morgan fingerprint density at radius 3 is 1.10 bits per heavy atom. The van der Waals surface area contributed by atoms with E-state index in [1.807, 2.05) is 0 Å². The van der Waals surface area contributed by atoms with Crippen LogP contribution >= 0.6 is 0 Å². The minimum absolute atomic E-state index is 0.131. The second kappa shape index (κ2) is 39.3. The van der Waals surface area contributed by atoms with Gasteiger partial charge in [-0.05, 0) is 139 Å². The summed E-state index contributed by atoms with van der Waals surface area (Å²) in [5.74, 6) is 96.1. The number of halogens is 1. The number of nitro benzene ring substituents is 2. The summed E-state index contributed by atoms with van der Waals surface area (Å²) < 4.78 is 12.4. The van der Waals surface area contributed by atoms with Crippen molar-refractivity contribution in [3.05, 3.63) is 74.6 Å². The summed E-state index contributed by atoms with van der Waals surface area (Å²) in [6.07, 6.45) is 8.97. The fraction of sp³-hybridized carbons (Fsp3) is 0.119. The number of terminal acetylenes is 1. The van der Waals surface area contributed by atoms with Gasteiger partial charge in [0.1, 0.15) is 5.69 Å². The summed E-state index contributed by atoms with van der Waals surface area (Å²) in [4.78, 5) is 19.7. The summed E-state index contributed by atoms with van der Waals surface area (Å²) in [6, 6.07) is 12.2. The maximum absolute atomic E-state index is 12.4. The molecule has 68 heavy (non-hydrogen) atoms. The molecule has 0 aromatic heterocycles. The van der Waals surface area contributed by atoms with Crippen molar-refractivity contribution in [1.29, 1.82) is 0 Å². The Morgan fingerprint density at radius 2 is 0.809 bits per heavy atom. The van der Waals surface area contributed by atoms with E-state index in [0.717, 1.165) is 37.8 Å². The number of nitrogens with zero attached hydrogens (tertiary/aromatic N) is 2. The molecule has 1 saturated carbocycles. The normalized spacial score (nSPS) is 9.79. The van der Waals surface area contributed by atoms with Gasteiger partial charge in [0.15, 0.2) is 0 Å². The maximum Gasteiger partial charge on any atom is 0.304 e. The topological polar surface area (TPSA) is 124 Å². The van der Waals surface area contributed by atoms with E-state index in [4.69, 9.17) is 12.2 Å². The smallest absolute Gasteiger partial charge is 0.304 e. The lowest BCUT2D eigenvalue weighted by molar-refractivity contribution is -0.387. The average Bonchev–Trinajstić information content (AvgIpc) is 3.33. The zero-order valence-electron chi connectivity index (χ0n) is 35.7. The van der Waals surface area contributed by atoms with E-state index in [1.165, 1.54) is 18.2 Å². The van der Waals surface area contributed by atoms with Gasteiger partial charge < -0.3 is 11.1 Å². The second-order valence-electron chi connectivity index (χ2n) is 11.3. The molecule has 2 aromatic rings. The van der Waals surface area contributed by atoms with Crippen LogP contribution in [0.3, 0.4) is 0 Å². The first-order valence-electron chi connectivity index (χ1n) is 18.8. The molecule has 312 valence electrons. The molecule has 3 rings (SSSR count). The zero-order valence-corrected chi connectivity index (χ0v) is 35.7. The average molecular weight is 873 g/mol. The van der Waals surface area contributed by atoms with Crippen molar-refractivity contribution in [2.75, 3.05) is 5.32 Å². The van der Waals surface area contributed by atoms with E-state index in [-0.39, 0.29) is 22.7 Å². The van der Waals surface area contributed by atoms with Crippen LogP contribution in [-0.2, 0) is 0 Å². The maximum atomic E-state index is 12.4. The molecule has 3 N–H and O–H groups in total. The fourth-order valence-corrected chi connectivity index (χ4v) is 4.13. The summed E-state index contributed by atoms with van der Waals surface area (Å²) in [5.41, 5.74) is 6.14. The van der Waals surface area contributed by atoms with Crippen LogP contribution in [0.2, 0.25) is 0 Å². The van der Waals surface area contributed by atoms with Crippen molar-refractivity contribution in [2.24, 2.45) is 5.73 Å². The monoisotopic (exact) mass is 872 g/mol. The van der Waals surface area contributed by atoms with Crippen LogP contribution in [0.25, 0.3) is 0 Å². The van der Waals surface area contributed by atoms with Crippen molar-refractivity contribution in [3.8, 4) is 237 Å². The molecule has 1 fully saturated rings. The van der Waals surface area contributed by atoms with Gasteiger partial charge in [-0.15, -0.1) is 6.42 Å². The van der Waals surface area contributed by atoms with Gasteiger partial charge in [-0.2, -0.15) is 4.39 Å². The Hall–Kier alpha value is -11.9. The number of anilines is 1. The molecule has 0 saturated heterocycles. The number of nitrogens with one attached hydrogen (secondary N) is 1. The standard InChI is InChI=1S/C41H4.C12H17N3O2.C6H4FNO2/c1-3-5-7-9-11-13-15-17-19-21-23-25-27-29-31-33-35-37-39-41-40-38-36-34-32-30-28-26-24-22-20-18-16-14-12-10-8-6-4-2;13-9-4-3-5-10(8-9)14-11-6-1-2-7-12(11)15(16)17;7-5-3-1-2-4-6(5)8(9)10/h1H,2H3;1-2,6-7,9-10,14H,3-5,8,13H2;1-4H. The summed E-state index contributed by atoms with van der Waals surface area (Å²) >= 11 is 0. The third kappa shape index (κ3) is 31.1. The van der Waals surface area contributed by atoms with Crippen LogP contribution in [0.4, 0.5) is 21.5 Å². The largest absolute Gasteiger partial charge is 0.377 e. The number of nitrogens with two attached hydrogens (primary N) is 1. The molecule has 0 aliphatic heterocycles. The SMILES string of the molecule is C#CC#CC#CC#CC#CC#CC#CC#CC#CC#CC#CC#CC#CC#CC#CC#CC#CC#CC#CC#CC.NC1CCCC(Nc2ccccc2[N+](=O)[O-])C1.O=[N+]([O-])c1ccccc1F. The minimum Gasteiger partial charge on any atom is -0.377 e. The molecular formula is C59H25FN4O4. The van der Waals surface area contributed by atoms with Gasteiger partial charge in [0.05, 0.1) is 9.85 Å². The molecule has 1 aliphatic carbocycles. The molecule has 0 amide bonds. The predicted octanol–water partition coefficient (Wildman–Crippen LogP) is 4.71. The minimum atomic E-state index is -0.799. The van der Waals surface area contributed by atoms with E-state index >= 15 is 0 Å². The number of para-hydroxylation sites is 3. The number of hydrogen-bond acceptors (Lipinski definition) is 6. The first kappa shape index (κ1) is 54.1. The number of nitro groups is 2. The van der Waals surface area contributed by atoms with E-state index in [1.54, 1.807) is 25.1 Å². The molecule has 2 atom stereocenters. The number of rotatable bonds is 4. The molecule has 0 radical (unpaired) electrons. The van der Waals surface area contributed by atoms with Crippen molar-refractivity contribution in [2.45, 2.75) is 44.7 Å².